The molecule has 0 radical (unpaired) electrons. The van der Waals surface area contributed by atoms with Crippen LogP contribution in [-0.2, 0) is 32.6 Å². The number of nitrogens with one attached hydrogen (secondary N) is 1. The lowest BCUT2D eigenvalue weighted by Crippen LogP contribution is -2.53. The summed E-state index contributed by atoms with van der Waals surface area (Å²) in [6.45, 7) is 3.99. The van der Waals surface area contributed by atoms with Crippen LogP contribution in [0.25, 0.3) is 0 Å². The average molecular weight is 658 g/mol. The van der Waals surface area contributed by atoms with Crippen LogP contribution in [-0.4, -0.2) is 58.5 Å². The minimum Gasteiger partial charge on any atom is -0.493 e. The van der Waals surface area contributed by atoms with Crippen molar-refractivity contribution in [2.75, 3.05) is 31.6 Å². The van der Waals surface area contributed by atoms with Gasteiger partial charge in [0.25, 0.3) is 10.0 Å². The second-order valence-electron chi connectivity index (χ2n) is 11.2. The quantitative estimate of drug-likeness (QED) is 0.154. The third-order valence-electron chi connectivity index (χ3n) is 7.97. The Labute approximate surface area is 278 Å². The first-order valence-corrected chi connectivity index (χ1v) is 17.1. The molecule has 0 fully saturated rings. The SMILES string of the molecule is CCCCNC(=O)C(Cc1ccccc1)N(Cc1ccccc1C)C(=O)CN(c1ccc(OC)c(OC)c1)S(=O)(=O)c1ccccc1. The van der Waals surface area contributed by atoms with Gasteiger partial charge < -0.3 is 19.7 Å². The Hall–Kier alpha value is -4.83. The first-order valence-electron chi connectivity index (χ1n) is 15.6. The van der Waals surface area contributed by atoms with E-state index in [4.69, 9.17) is 9.47 Å². The van der Waals surface area contributed by atoms with Gasteiger partial charge in [-0.1, -0.05) is 86.1 Å². The number of carbonyl (C=O) groups is 2. The first-order chi connectivity index (χ1) is 22.7. The van der Waals surface area contributed by atoms with Crippen molar-refractivity contribution in [2.45, 2.75) is 50.6 Å². The molecule has 0 aromatic heterocycles. The highest BCUT2D eigenvalue weighted by molar-refractivity contribution is 7.92. The molecule has 0 heterocycles. The first kappa shape index (κ1) is 35.0. The van der Waals surface area contributed by atoms with Gasteiger partial charge in [0, 0.05) is 25.6 Å². The summed E-state index contributed by atoms with van der Waals surface area (Å²) >= 11 is 0. The summed E-state index contributed by atoms with van der Waals surface area (Å²) in [5.41, 5.74) is 2.88. The standard InChI is InChI=1S/C37H43N3O6S/c1-5-6-23-38-37(42)33(24-29-16-9-7-10-17-29)39(26-30-18-14-13-15-28(30)2)36(41)27-40(47(43,44)32-19-11-8-12-20-32)31-21-22-34(45-3)35(25-31)46-4/h7-22,25,33H,5-6,23-24,26-27H2,1-4H3,(H,38,42). The van der Waals surface area contributed by atoms with Crippen molar-refractivity contribution in [3.63, 3.8) is 0 Å². The van der Waals surface area contributed by atoms with E-state index in [1.165, 1.54) is 37.3 Å². The molecular weight excluding hydrogens is 614 g/mol. The Morgan fingerprint density at radius 3 is 2.11 bits per heavy atom. The van der Waals surface area contributed by atoms with Crippen molar-refractivity contribution in [3.8, 4) is 11.5 Å². The minimum absolute atomic E-state index is 0.0196. The van der Waals surface area contributed by atoms with E-state index in [1.54, 1.807) is 30.3 Å². The number of hydrogen-bond acceptors (Lipinski definition) is 6. The van der Waals surface area contributed by atoms with Crippen LogP contribution < -0.4 is 19.1 Å². The summed E-state index contributed by atoms with van der Waals surface area (Å²) in [7, 11) is -1.30. The number of sulfonamides is 1. The number of anilines is 1. The summed E-state index contributed by atoms with van der Waals surface area (Å²) in [6, 6.07) is 28.9. The molecule has 4 aromatic rings. The Morgan fingerprint density at radius 1 is 0.830 bits per heavy atom. The maximum Gasteiger partial charge on any atom is 0.264 e. The maximum atomic E-state index is 14.6. The highest BCUT2D eigenvalue weighted by atomic mass is 32.2. The summed E-state index contributed by atoms with van der Waals surface area (Å²) in [5.74, 6) is -0.117. The molecule has 4 aromatic carbocycles. The van der Waals surface area contributed by atoms with Gasteiger partial charge in [0.2, 0.25) is 11.8 Å². The fraction of sp³-hybridized carbons (Fsp3) is 0.297. The predicted molar refractivity (Wildman–Crippen MR) is 184 cm³/mol. The number of carbonyl (C=O) groups excluding carboxylic acids is 2. The van der Waals surface area contributed by atoms with Gasteiger partial charge >= 0.3 is 0 Å². The Balaban J connectivity index is 1.83. The van der Waals surface area contributed by atoms with Crippen LogP contribution in [0.2, 0.25) is 0 Å². The second kappa shape index (κ2) is 16.6. The summed E-state index contributed by atoms with van der Waals surface area (Å²) in [5, 5.41) is 3.01. The van der Waals surface area contributed by atoms with E-state index in [0.717, 1.165) is 33.8 Å². The lowest BCUT2D eigenvalue weighted by atomic mass is 10.0. The van der Waals surface area contributed by atoms with E-state index < -0.39 is 28.5 Å². The third kappa shape index (κ3) is 8.92. The summed E-state index contributed by atoms with van der Waals surface area (Å²) in [6.07, 6.45) is 1.93. The largest absolute Gasteiger partial charge is 0.493 e. The number of aryl methyl sites for hydroxylation is 1. The molecule has 0 aliphatic heterocycles. The Bertz CT molecular complexity index is 1730. The third-order valence-corrected chi connectivity index (χ3v) is 9.76. The number of hydrogen-bond donors (Lipinski definition) is 1. The van der Waals surface area contributed by atoms with Gasteiger partial charge in [-0.15, -0.1) is 0 Å². The van der Waals surface area contributed by atoms with Crippen molar-refractivity contribution in [3.05, 3.63) is 120 Å². The fourth-order valence-corrected chi connectivity index (χ4v) is 6.69. The van der Waals surface area contributed by atoms with Gasteiger partial charge in [-0.3, -0.25) is 13.9 Å². The number of methoxy groups -OCH3 is 2. The van der Waals surface area contributed by atoms with E-state index >= 15 is 0 Å². The number of benzene rings is 4. The molecule has 10 heteroatoms. The molecule has 0 bridgehead atoms. The van der Waals surface area contributed by atoms with E-state index in [9.17, 15) is 18.0 Å². The van der Waals surface area contributed by atoms with Crippen molar-refractivity contribution in [1.29, 1.82) is 0 Å². The minimum atomic E-state index is -4.24. The van der Waals surface area contributed by atoms with Gasteiger partial charge in [0.15, 0.2) is 11.5 Å². The zero-order valence-electron chi connectivity index (χ0n) is 27.4. The van der Waals surface area contributed by atoms with E-state index in [1.807, 2.05) is 68.4 Å². The molecule has 1 atom stereocenters. The molecule has 4 rings (SSSR count). The molecule has 248 valence electrons. The molecule has 0 aliphatic carbocycles. The van der Waals surface area contributed by atoms with Crippen molar-refractivity contribution >= 4 is 27.5 Å². The summed E-state index contributed by atoms with van der Waals surface area (Å²) < 4.78 is 40.4. The molecule has 9 nitrogen and oxygen atoms in total. The van der Waals surface area contributed by atoms with E-state index in [2.05, 4.69) is 5.32 Å². The lowest BCUT2D eigenvalue weighted by molar-refractivity contribution is -0.140. The second-order valence-corrected chi connectivity index (χ2v) is 13.0. The van der Waals surface area contributed by atoms with Gasteiger partial charge in [0.05, 0.1) is 24.8 Å². The van der Waals surface area contributed by atoms with Crippen LogP contribution in [0.15, 0.2) is 108 Å². The van der Waals surface area contributed by atoms with E-state index in [-0.39, 0.29) is 29.5 Å². The fourth-order valence-electron chi connectivity index (χ4n) is 5.26. The number of amides is 2. The number of nitrogens with zero attached hydrogens (tertiary/aromatic N) is 2. The van der Waals surface area contributed by atoms with Gasteiger partial charge in [0.1, 0.15) is 12.6 Å². The van der Waals surface area contributed by atoms with Gasteiger partial charge in [-0.05, 0) is 54.3 Å². The molecule has 47 heavy (non-hydrogen) atoms. The van der Waals surface area contributed by atoms with Crippen molar-refractivity contribution < 1.29 is 27.5 Å². The highest BCUT2D eigenvalue weighted by Crippen LogP contribution is 2.34. The normalized spacial score (nSPS) is 11.7. The number of ether oxygens (including phenoxy) is 2. The molecule has 1 N–H and O–H groups in total. The van der Waals surface area contributed by atoms with Crippen LogP contribution in [0.5, 0.6) is 11.5 Å². The molecule has 0 aliphatic rings. The molecule has 1 unspecified atom stereocenters. The van der Waals surface area contributed by atoms with Crippen LogP contribution in [0.3, 0.4) is 0 Å². The monoisotopic (exact) mass is 657 g/mol. The molecule has 0 saturated carbocycles. The van der Waals surface area contributed by atoms with Gasteiger partial charge in [-0.2, -0.15) is 0 Å². The Kier molecular flexibility index (Phi) is 12.4. The summed E-state index contributed by atoms with van der Waals surface area (Å²) in [4.78, 5) is 30.1. The molecular formula is C37H43N3O6S. The van der Waals surface area contributed by atoms with E-state index in [0.29, 0.717) is 18.0 Å². The van der Waals surface area contributed by atoms with Crippen molar-refractivity contribution in [2.24, 2.45) is 0 Å². The molecule has 2 amide bonds. The van der Waals surface area contributed by atoms with Crippen LogP contribution >= 0.6 is 0 Å². The molecule has 0 spiro atoms. The zero-order valence-corrected chi connectivity index (χ0v) is 28.2. The maximum absolute atomic E-state index is 14.6. The number of rotatable bonds is 16. The average Bonchev–Trinajstić information content (AvgIpc) is 3.09. The smallest absolute Gasteiger partial charge is 0.264 e. The number of unbranched alkanes of at least 4 members (excludes halogenated alkanes) is 1. The zero-order chi connectivity index (χ0) is 33.8. The topological polar surface area (TPSA) is 105 Å². The van der Waals surface area contributed by atoms with Crippen LogP contribution in [0.4, 0.5) is 5.69 Å². The van der Waals surface area contributed by atoms with Crippen molar-refractivity contribution in [1.82, 2.24) is 10.2 Å². The Morgan fingerprint density at radius 2 is 1.47 bits per heavy atom. The van der Waals surface area contributed by atoms with Crippen LogP contribution in [0.1, 0.15) is 36.5 Å². The van der Waals surface area contributed by atoms with Crippen LogP contribution in [0, 0.1) is 6.92 Å². The molecule has 0 saturated heterocycles. The lowest BCUT2D eigenvalue weighted by Gasteiger charge is -2.34. The predicted octanol–water partition coefficient (Wildman–Crippen LogP) is 5.76. The highest BCUT2D eigenvalue weighted by Gasteiger charge is 2.35. The van der Waals surface area contributed by atoms with Gasteiger partial charge in [-0.25, -0.2) is 8.42 Å².